The summed E-state index contributed by atoms with van der Waals surface area (Å²) in [5.74, 6) is -0.176. The Bertz CT molecular complexity index is 1420. The van der Waals surface area contributed by atoms with Crippen molar-refractivity contribution in [2.45, 2.75) is 39.5 Å². The Morgan fingerprint density at radius 3 is 2.24 bits per heavy atom. The van der Waals surface area contributed by atoms with E-state index in [9.17, 15) is 9.59 Å². The Balaban J connectivity index is 1.71. The molecule has 0 spiro atoms. The maximum Gasteiger partial charge on any atom is 0.192 e. The van der Waals surface area contributed by atoms with Gasteiger partial charge in [-0.05, 0) is 42.0 Å². The third-order valence-electron chi connectivity index (χ3n) is 7.29. The second-order valence-electron chi connectivity index (χ2n) is 10.5. The van der Waals surface area contributed by atoms with E-state index in [0.29, 0.717) is 6.42 Å². The van der Waals surface area contributed by atoms with Crippen molar-refractivity contribution in [3.05, 3.63) is 118 Å². The highest BCUT2D eigenvalue weighted by Gasteiger charge is 2.49. The van der Waals surface area contributed by atoms with Gasteiger partial charge in [-0.2, -0.15) is 0 Å². The highest BCUT2D eigenvalue weighted by atomic mass is 16.1. The smallest absolute Gasteiger partial charge is 0.192 e. The number of fused-ring (bicyclic) bond motifs is 2. The molecule has 0 saturated carbocycles. The average molecular weight is 446 g/mol. The van der Waals surface area contributed by atoms with E-state index in [-0.39, 0.29) is 22.9 Å². The van der Waals surface area contributed by atoms with Crippen LogP contribution in [0.25, 0.3) is 5.70 Å². The average Bonchev–Trinajstić information content (AvgIpc) is 3.10. The summed E-state index contributed by atoms with van der Waals surface area (Å²) in [4.78, 5) is 30.0. The van der Waals surface area contributed by atoms with Gasteiger partial charge in [0.1, 0.15) is 0 Å². The predicted molar refractivity (Wildman–Crippen MR) is 136 cm³/mol. The molecule has 3 heteroatoms. The Labute approximate surface area is 200 Å². The lowest BCUT2D eigenvalue weighted by Crippen LogP contribution is -2.39. The lowest BCUT2D eigenvalue weighted by atomic mass is 9.68. The maximum absolute atomic E-state index is 13.9. The quantitative estimate of drug-likeness (QED) is 0.433. The van der Waals surface area contributed by atoms with E-state index >= 15 is 0 Å². The molecule has 3 aliphatic rings. The lowest BCUT2D eigenvalue weighted by molar-refractivity contribution is -0.118. The van der Waals surface area contributed by atoms with Crippen LogP contribution in [0.4, 0.5) is 5.69 Å². The Morgan fingerprint density at radius 2 is 1.50 bits per heavy atom. The number of Topliss-reactive ketones (excluding diaryl/α,β-unsaturated/α-hetero) is 2. The van der Waals surface area contributed by atoms with Gasteiger partial charge in [-0.15, -0.1) is 0 Å². The van der Waals surface area contributed by atoms with Crippen molar-refractivity contribution >= 4 is 23.0 Å². The van der Waals surface area contributed by atoms with E-state index in [4.69, 9.17) is 0 Å². The molecule has 2 aliphatic carbocycles. The number of ketones is 2. The molecule has 0 N–H and O–H groups in total. The van der Waals surface area contributed by atoms with Crippen LogP contribution in [0.5, 0.6) is 0 Å². The highest BCUT2D eigenvalue weighted by molar-refractivity contribution is 6.25. The summed E-state index contributed by atoms with van der Waals surface area (Å²) < 4.78 is 0. The number of carbonyl (C=O) groups excluding carboxylic acids is 2. The van der Waals surface area contributed by atoms with Crippen molar-refractivity contribution in [2.75, 3.05) is 4.90 Å². The zero-order valence-electron chi connectivity index (χ0n) is 19.8. The number of nitrogens with zero attached hydrogens (tertiary/aromatic N) is 1. The van der Waals surface area contributed by atoms with Gasteiger partial charge in [-0.3, -0.25) is 9.59 Å². The van der Waals surface area contributed by atoms with Gasteiger partial charge >= 0.3 is 0 Å². The number of rotatable bonds is 2. The van der Waals surface area contributed by atoms with Crippen LogP contribution in [0.15, 0.2) is 95.7 Å². The van der Waals surface area contributed by atoms with Gasteiger partial charge in [0.25, 0.3) is 0 Å². The Kier molecular flexibility index (Phi) is 4.54. The second kappa shape index (κ2) is 7.39. The van der Waals surface area contributed by atoms with E-state index < -0.39 is 0 Å². The molecule has 1 atom stereocenters. The van der Waals surface area contributed by atoms with Crippen LogP contribution in [0.3, 0.4) is 0 Å². The summed E-state index contributed by atoms with van der Waals surface area (Å²) >= 11 is 0. The molecule has 0 saturated heterocycles. The minimum absolute atomic E-state index is 0.0290. The van der Waals surface area contributed by atoms with Crippen LogP contribution in [-0.2, 0) is 4.79 Å². The van der Waals surface area contributed by atoms with Crippen LogP contribution < -0.4 is 4.90 Å². The van der Waals surface area contributed by atoms with Crippen molar-refractivity contribution < 1.29 is 9.59 Å². The van der Waals surface area contributed by atoms with E-state index in [0.717, 1.165) is 56.9 Å². The molecule has 34 heavy (non-hydrogen) atoms. The first-order chi connectivity index (χ1) is 16.4. The van der Waals surface area contributed by atoms with Gasteiger partial charge in [-0.25, -0.2) is 0 Å². The number of hydrogen-bond acceptors (Lipinski definition) is 3. The van der Waals surface area contributed by atoms with Crippen molar-refractivity contribution in [3.8, 4) is 0 Å². The summed E-state index contributed by atoms with van der Waals surface area (Å²) in [5, 5.41) is 0. The molecular formula is C31H27NO2. The Hall–Kier alpha value is -3.72. The van der Waals surface area contributed by atoms with E-state index in [2.05, 4.69) is 43.9 Å². The summed E-state index contributed by atoms with van der Waals surface area (Å²) in [6.45, 7) is 6.41. The zero-order valence-corrected chi connectivity index (χ0v) is 19.8. The molecule has 1 heterocycles. The summed E-state index contributed by atoms with van der Waals surface area (Å²) in [5.41, 5.74) is 8.14. The molecule has 0 aromatic heterocycles. The van der Waals surface area contributed by atoms with Crippen LogP contribution in [-0.4, -0.2) is 11.6 Å². The van der Waals surface area contributed by atoms with Crippen molar-refractivity contribution in [1.82, 2.24) is 0 Å². The number of allylic oxidation sites excluding steroid dienone is 3. The summed E-state index contributed by atoms with van der Waals surface area (Å²) in [6, 6.07) is 26.3. The van der Waals surface area contributed by atoms with Crippen LogP contribution in [0, 0.1) is 12.3 Å². The van der Waals surface area contributed by atoms with Gasteiger partial charge in [0.05, 0.1) is 5.70 Å². The van der Waals surface area contributed by atoms with Gasteiger partial charge in [0.15, 0.2) is 11.6 Å². The van der Waals surface area contributed by atoms with E-state index in [1.54, 1.807) is 0 Å². The van der Waals surface area contributed by atoms with Crippen LogP contribution in [0.1, 0.15) is 59.7 Å². The zero-order chi connectivity index (χ0) is 23.6. The third kappa shape index (κ3) is 3.03. The van der Waals surface area contributed by atoms with Crippen LogP contribution >= 0.6 is 0 Å². The molecule has 6 rings (SSSR count). The molecular weight excluding hydrogens is 418 g/mol. The predicted octanol–water partition coefficient (Wildman–Crippen LogP) is 6.85. The molecule has 1 aliphatic heterocycles. The fourth-order valence-electron chi connectivity index (χ4n) is 5.93. The number of aryl methyl sites for hydroxylation is 1. The minimum Gasteiger partial charge on any atom is -0.313 e. The van der Waals surface area contributed by atoms with Gasteiger partial charge in [0.2, 0.25) is 0 Å². The van der Waals surface area contributed by atoms with Gasteiger partial charge in [-0.1, -0.05) is 80.6 Å². The molecule has 168 valence electrons. The monoisotopic (exact) mass is 445 g/mol. The SMILES string of the molecule is Cc1cccc(N2C3=C(C(=O)CC(C)(C)C3)C(c3ccccc3)C3=C2c2ccccc2C3=O)c1. The van der Waals surface area contributed by atoms with Gasteiger partial charge < -0.3 is 4.90 Å². The minimum atomic E-state index is -0.351. The molecule has 0 fully saturated rings. The van der Waals surface area contributed by atoms with E-state index in [1.165, 1.54) is 0 Å². The highest BCUT2D eigenvalue weighted by Crippen LogP contribution is 2.56. The number of carbonyl (C=O) groups is 2. The van der Waals surface area contributed by atoms with Crippen molar-refractivity contribution in [3.63, 3.8) is 0 Å². The molecule has 0 radical (unpaired) electrons. The topological polar surface area (TPSA) is 37.4 Å². The number of hydrogen-bond donors (Lipinski definition) is 0. The lowest BCUT2D eigenvalue weighted by Gasteiger charge is -2.44. The Morgan fingerprint density at radius 1 is 0.794 bits per heavy atom. The first-order valence-electron chi connectivity index (χ1n) is 11.9. The summed E-state index contributed by atoms with van der Waals surface area (Å²) in [6.07, 6.45) is 1.26. The fourth-order valence-corrected chi connectivity index (χ4v) is 5.93. The molecule has 0 bridgehead atoms. The third-order valence-corrected chi connectivity index (χ3v) is 7.29. The summed E-state index contributed by atoms with van der Waals surface area (Å²) in [7, 11) is 0. The maximum atomic E-state index is 13.9. The number of anilines is 1. The molecule has 3 nitrogen and oxygen atoms in total. The van der Waals surface area contributed by atoms with Gasteiger partial charge in [0, 0.05) is 46.0 Å². The fraction of sp³-hybridized carbons (Fsp3) is 0.226. The molecule has 3 aromatic rings. The largest absolute Gasteiger partial charge is 0.313 e. The van der Waals surface area contributed by atoms with Crippen LogP contribution in [0.2, 0.25) is 0 Å². The van der Waals surface area contributed by atoms with Crippen molar-refractivity contribution in [2.24, 2.45) is 5.41 Å². The first kappa shape index (κ1) is 20.9. The van der Waals surface area contributed by atoms with E-state index in [1.807, 2.05) is 60.7 Å². The molecule has 0 amide bonds. The number of benzene rings is 3. The standard InChI is InChI=1S/C31H27NO2/c1-19-10-9-13-21(16-19)32-24-17-31(2,3)18-25(33)27(24)26(20-11-5-4-6-12-20)28-29(32)22-14-7-8-15-23(22)30(28)34/h4-16,26H,17-18H2,1-3H3. The molecule has 3 aromatic carbocycles. The van der Waals surface area contributed by atoms with Crippen molar-refractivity contribution in [1.29, 1.82) is 0 Å². The molecule has 1 unspecified atom stereocenters. The first-order valence-corrected chi connectivity index (χ1v) is 11.9. The second-order valence-corrected chi connectivity index (χ2v) is 10.5. The normalized spacial score (nSPS) is 20.9.